The van der Waals surface area contributed by atoms with Crippen molar-refractivity contribution in [1.82, 2.24) is 19.5 Å². The number of nitrogens with zero attached hydrogens (tertiary/aromatic N) is 7. The highest BCUT2D eigenvalue weighted by Crippen LogP contribution is 2.41. The van der Waals surface area contributed by atoms with Crippen LogP contribution in [0.5, 0.6) is 5.88 Å². The summed E-state index contributed by atoms with van der Waals surface area (Å²) < 4.78 is 26.0. The Balaban J connectivity index is 2.11. The molecule has 1 aliphatic rings. The van der Waals surface area contributed by atoms with Crippen molar-refractivity contribution in [3.63, 3.8) is 0 Å². The number of aliphatic hydroxyl groups excluding tert-OH is 2. The van der Waals surface area contributed by atoms with E-state index in [2.05, 4.69) is 25.0 Å². The lowest BCUT2D eigenvalue weighted by molar-refractivity contribution is -0.122. The Kier molecular flexibility index (Phi) is 3.85. The summed E-state index contributed by atoms with van der Waals surface area (Å²) in [5.74, 6) is -0.0628. The SMILES string of the molecule is COc1nc(N)nc2c1ncn2[C@@H]1O[C@@](CO)(N=[N+]=[N-])[C@@H](O)[C@H]1F. The molecule has 0 radical (unpaired) electrons. The zero-order valence-corrected chi connectivity index (χ0v) is 12.3. The molecule has 0 aromatic carbocycles. The van der Waals surface area contributed by atoms with E-state index in [1.165, 1.54) is 13.4 Å². The maximum absolute atomic E-state index is 14.5. The average Bonchev–Trinajstić information content (AvgIpc) is 3.09. The maximum atomic E-state index is 14.5. The zero-order valence-electron chi connectivity index (χ0n) is 12.3. The van der Waals surface area contributed by atoms with E-state index in [-0.39, 0.29) is 23.0 Å². The molecular formula is C11H13FN8O4. The number of nitrogens with two attached hydrogens (primary N) is 1. The van der Waals surface area contributed by atoms with E-state index in [0.717, 1.165) is 4.57 Å². The number of hydrogen-bond acceptors (Lipinski definition) is 9. The van der Waals surface area contributed by atoms with Gasteiger partial charge < -0.3 is 25.4 Å². The van der Waals surface area contributed by atoms with Gasteiger partial charge in [-0.05, 0) is 5.53 Å². The molecular weight excluding hydrogens is 327 g/mol. The molecule has 0 saturated carbocycles. The van der Waals surface area contributed by atoms with Gasteiger partial charge in [0.15, 0.2) is 23.6 Å². The topological polar surface area (TPSA) is 177 Å². The number of azide groups is 1. The van der Waals surface area contributed by atoms with Crippen LogP contribution in [0.3, 0.4) is 0 Å². The third kappa shape index (κ3) is 2.18. The fourth-order valence-corrected chi connectivity index (χ4v) is 2.51. The number of anilines is 1. The summed E-state index contributed by atoms with van der Waals surface area (Å²) in [6.07, 6.45) is -4.18. The van der Waals surface area contributed by atoms with Crippen molar-refractivity contribution in [3.05, 3.63) is 16.8 Å². The second-order valence-corrected chi connectivity index (χ2v) is 5.01. The number of halogens is 1. The number of imidazole rings is 1. The summed E-state index contributed by atoms with van der Waals surface area (Å²) in [5.41, 5.74) is 12.3. The van der Waals surface area contributed by atoms with Crippen LogP contribution in [0.25, 0.3) is 21.6 Å². The first kappa shape index (κ1) is 16.1. The molecule has 4 N–H and O–H groups in total. The van der Waals surface area contributed by atoms with Crippen LogP contribution in [0.2, 0.25) is 0 Å². The highest BCUT2D eigenvalue weighted by Gasteiger charge is 2.56. The molecule has 0 bridgehead atoms. The van der Waals surface area contributed by atoms with E-state index < -0.39 is 30.8 Å². The number of aromatic nitrogens is 4. The summed E-state index contributed by atoms with van der Waals surface area (Å²) >= 11 is 0. The fourth-order valence-electron chi connectivity index (χ4n) is 2.51. The zero-order chi connectivity index (χ0) is 17.5. The second-order valence-electron chi connectivity index (χ2n) is 5.01. The predicted octanol–water partition coefficient (Wildman–Crippen LogP) is -0.356. The monoisotopic (exact) mass is 340 g/mol. The van der Waals surface area contributed by atoms with Crippen molar-refractivity contribution in [2.75, 3.05) is 19.5 Å². The molecule has 2 aromatic rings. The fraction of sp³-hybridized carbons (Fsp3) is 0.545. The van der Waals surface area contributed by atoms with Gasteiger partial charge in [-0.25, -0.2) is 9.37 Å². The first-order valence-electron chi connectivity index (χ1n) is 6.68. The number of alkyl halides is 1. The highest BCUT2D eigenvalue weighted by atomic mass is 19.1. The summed E-state index contributed by atoms with van der Waals surface area (Å²) in [4.78, 5) is 14.3. The molecule has 1 saturated heterocycles. The Morgan fingerprint density at radius 3 is 3.00 bits per heavy atom. The normalized spacial score (nSPS) is 29.6. The Labute approximate surface area is 133 Å². The van der Waals surface area contributed by atoms with Crippen molar-refractivity contribution in [3.8, 4) is 5.88 Å². The molecule has 1 aliphatic heterocycles. The van der Waals surface area contributed by atoms with Gasteiger partial charge in [0.2, 0.25) is 17.6 Å². The number of methoxy groups -OCH3 is 1. The van der Waals surface area contributed by atoms with Crippen LogP contribution in [-0.2, 0) is 4.74 Å². The van der Waals surface area contributed by atoms with E-state index >= 15 is 0 Å². The van der Waals surface area contributed by atoms with Crippen molar-refractivity contribution in [1.29, 1.82) is 0 Å². The number of aliphatic hydroxyl groups is 2. The van der Waals surface area contributed by atoms with Gasteiger partial charge in [0.05, 0.1) is 20.0 Å². The van der Waals surface area contributed by atoms with Crippen LogP contribution in [-0.4, -0.2) is 61.4 Å². The van der Waals surface area contributed by atoms with Gasteiger partial charge in [-0.15, -0.1) is 0 Å². The number of ether oxygens (including phenoxy) is 2. The van der Waals surface area contributed by atoms with Crippen molar-refractivity contribution < 1.29 is 24.1 Å². The minimum absolute atomic E-state index is 0.0775. The van der Waals surface area contributed by atoms with Crippen molar-refractivity contribution in [2.24, 2.45) is 5.11 Å². The number of hydrogen-bond donors (Lipinski definition) is 3. The van der Waals surface area contributed by atoms with Crippen molar-refractivity contribution >= 4 is 17.1 Å². The first-order valence-corrected chi connectivity index (χ1v) is 6.68. The third-order valence-electron chi connectivity index (χ3n) is 3.68. The molecule has 128 valence electrons. The molecule has 0 aliphatic carbocycles. The lowest BCUT2D eigenvalue weighted by Crippen LogP contribution is -2.43. The van der Waals surface area contributed by atoms with E-state index in [0.29, 0.717) is 0 Å². The molecule has 3 rings (SSSR count). The largest absolute Gasteiger partial charge is 0.479 e. The number of fused-ring (bicyclic) bond motifs is 1. The lowest BCUT2D eigenvalue weighted by atomic mass is 10.1. The second kappa shape index (κ2) is 5.72. The van der Waals surface area contributed by atoms with Gasteiger partial charge >= 0.3 is 0 Å². The summed E-state index contributed by atoms with van der Waals surface area (Å²) in [5, 5.41) is 22.6. The molecule has 0 amide bonds. The third-order valence-corrected chi connectivity index (χ3v) is 3.68. The lowest BCUT2D eigenvalue weighted by Gasteiger charge is -2.23. The highest BCUT2D eigenvalue weighted by molar-refractivity contribution is 5.77. The molecule has 12 nitrogen and oxygen atoms in total. The predicted molar refractivity (Wildman–Crippen MR) is 76.3 cm³/mol. The minimum atomic E-state index is -2.15. The Morgan fingerprint density at radius 1 is 1.62 bits per heavy atom. The van der Waals surface area contributed by atoms with Crippen LogP contribution in [0, 0.1) is 0 Å². The molecule has 13 heteroatoms. The van der Waals surface area contributed by atoms with Crippen LogP contribution >= 0.6 is 0 Å². The van der Waals surface area contributed by atoms with Crippen LogP contribution in [0.15, 0.2) is 11.4 Å². The number of rotatable bonds is 4. The van der Waals surface area contributed by atoms with Crippen LogP contribution in [0.4, 0.5) is 10.3 Å². The molecule has 4 atom stereocenters. The molecule has 0 unspecified atom stereocenters. The Bertz CT molecular complexity index is 824. The quantitative estimate of drug-likeness (QED) is 0.384. The molecule has 24 heavy (non-hydrogen) atoms. The minimum Gasteiger partial charge on any atom is -0.479 e. The summed E-state index contributed by atoms with van der Waals surface area (Å²) in [6.45, 7) is -0.914. The van der Waals surface area contributed by atoms with E-state index in [4.69, 9.17) is 20.7 Å². The van der Waals surface area contributed by atoms with Crippen molar-refractivity contribution in [2.45, 2.75) is 24.2 Å². The van der Waals surface area contributed by atoms with E-state index in [9.17, 15) is 14.6 Å². The maximum Gasteiger partial charge on any atom is 0.246 e. The first-order chi connectivity index (χ1) is 11.5. The van der Waals surface area contributed by atoms with Crippen LogP contribution < -0.4 is 10.5 Å². The molecule has 2 aromatic heterocycles. The Morgan fingerprint density at radius 2 is 2.38 bits per heavy atom. The molecule has 0 spiro atoms. The van der Waals surface area contributed by atoms with E-state index in [1.807, 2.05) is 0 Å². The molecule has 1 fully saturated rings. The van der Waals surface area contributed by atoms with Gasteiger partial charge in [0, 0.05) is 4.91 Å². The summed E-state index contributed by atoms with van der Waals surface area (Å²) in [6, 6.07) is 0. The van der Waals surface area contributed by atoms with Gasteiger partial charge in [-0.3, -0.25) is 4.57 Å². The standard InChI is InChI=1S/C11H13FN8O4/c1-23-8-5-7(16-10(13)17-8)20(3-15-5)9-4(12)6(22)11(2-21,24-9)18-19-14/h3-4,6,9,21-22H,2H2,1H3,(H2,13,16,17)/t4-,6+,9-,11-/m1/s1. The Hall–Kier alpha value is -2.73. The van der Waals surface area contributed by atoms with Gasteiger partial charge in [0.1, 0.15) is 6.10 Å². The average molecular weight is 340 g/mol. The van der Waals surface area contributed by atoms with E-state index in [1.54, 1.807) is 0 Å². The van der Waals surface area contributed by atoms with Gasteiger partial charge in [-0.1, -0.05) is 5.11 Å². The van der Waals surface area contributed by atoms with Gasteiger partial charge in [0.25, 0.3) is 0 Å². The van der Waals surface area contributed by atoms with Crippen LogP contribution in [0.1, 0.15) is 6.23 Å². The number of nitrogen functional groups attached to an aromatic ring is 1. The smallest absolute Gasteiger partial charge is 0.246 e. The summed E-state index contributed by atoms with van der Waals surface area (Å²) in [7, 11) is 1.35. The molecule has 3 heterocycles. The van der Waals surface area contributed by atoms with Gasteiger partial charge in [-0.2, -0.15) is 9.97 Å².